The lowest BCUT2D eigenvalue weighted by atomic mass is 9.90. The number of hydrogen-bond donors (Lipinski definition) is 1. The lowest BCUT2D eigenvalue weighted by molar-refractivity contribution is -0.121. The van der Waals surface area contributed by atoms with Crippen LogP contribution in [0.1, 0.15) is 22.6 Å². The molecule has 1 N–H and O–H groups in total. The molecule has 0 aliphatic carbocycles. The van der Waals surface area contributed by atoms with E-state index in [1.54, 1.807) is 6.20 Å². The van der Waals surface area contributed by atoms with Crippen LogP contribution in [0.25, 0.3) is 0 Å². The van der Waals surface area contributed by atoms with Gasteiger partial charge in [-0.3, -0.25) is 4.79 Å². The predicted octanol–water partition coefficient (Wildman–Crippen LogP) is 3.60. The van der Waals surface area contributed by atoms with Gasteiger partial charge in [-0.25, -0.2) is 4.98 Å². The van der Waals surface area contributed by atoms with Crippen LogP contribution in [0.3, 0.4) is 0 Å². The third-order valence-electron chi connectivity index (χ3n) is 4.27. The van der Waals surface area contributed by atoms with Gasteiger partial charge in [0.25, 0.3) is 0 Å². The Kier molecular flexibility index (Phi) is 5.64. The Morgan fingerprint density at radius 3 is 2.04 bits per heavy atom. The van der Waals surface area contributed by atoms with Crippen molar-refractivity contribution in [2.24, 2.45) is 0 Å². The van der Waals surface area contributed by atoms with Crippen LogP contribution >= 0.6 is 0 Å². The van der Waals surface area contributed by atoms with Gasteiger partial charge >= 0.3 is 0 Å². The molecule has 132 valence electrons. The SMILES string of the molecule is CN(C)c1ncccc1CNC(=O)C(c1ccccc1)c1ccccc1. The zero-order valence-electron chi connectivity index (χ0n) is 15.1. The Bertz CT molecular complexity index is 808. The number of hydrogen-bond acceptors (Lipinski definition) is 3. The summed E-state index contributed by atoms with van der Waals surface area (Å²) in [5.74, 6) is 0.511. The van der Waals surface area contributed by atoms with Crippen LogP contribution < -0.4 is 10.2 Å². The average Bonchev–Trinajstić information content (AvgIpc) is 2.68. The van der Waals surface area contributed by atoms with Gasteiger partial charge in [0, 0.05) is 32.4 Å². The van der Waals surface area contributed by atoms with Crippen LogP contribution in [0.4, 0.5) is 5.82 Å². The third kappa shape index (κ3) is 4.09. The lowest BCUT2D eigenvalue weighted by Gasteiger charge is -2.20. The summed E-state index contributed by atoms with van der Waals surface area (Å²) in [5.41, 5.74) is 2.95. The lowest BCUT2D eigenvalue weighted by Crippen LogP contribution is -2.30. The highest BCUT2D eigenvalue weighted by Crippen LogP contribution is 2.25. The Balaban J connectivity index is 1.83. The van der Waals surface area contributed by atoms with Crippen LogP contribution in [-0.2, 0) is 11.3 Å². The van der Waals surface area contributed by atoms with E-state index in [0.29, 0.717) is 6.54 Å². The molecule has 1 aromatic heterocycles. The molecule has 0 fully saturated rings. The van der Waals surface area contributed by atoms with Crippen molar-refractivity contribution in [2.45, 2.75) is 12.5 Å². The summed E-state index contributed by atoms with van der Waals surface area (Å²) >= 11 is 0. The van der Waals surface area contributed by atoms with E-state index in [0.717, 1.165) is 22.5 Å². The Morgan fingerprint density at radius 1 is 0.923 bits per heavy atom. The van der Waals surface area contributed by atoms with Crippen LogP contribution in [0, 0.1) is 0 Å². The highest BCUT2D eigenvalue weighted by molar-refractivity contribution is 5.87. The van der Waals surface area contributed by atoms with Crippen LogP contribution in [0.5, 0.6) is 0 Å². The van der Waals surface area contributed by atoms with Gasteiger partial charge in [-0.15, -0.1) is 0 Å². The van der Waals surface area contributed by atoms with Crippen molar-refractivity contribution in [1.82, 2.24) is 10.3 Å². The third-order valence-corrected chi connectivity index (χ3v) is 4.27. The Hall–Kier alpha value is -3.14. The van der Waals surface area contributed by atoms with E-state index < -0.39 is 0 Å². The zero-order valence-corrected chi connectivity index (χ0v) is 15.1. The maximum absolute atomic E-state index is 13.1. The van der Waals surface area contributed by atoms with Crippen LogP contribution in [0.2, 0.25) is 0 Å². The molecule has 3 aromatic rings. The molecule has 0 aliphatic heterocycles. The second-order valence-corrected chi connectivity index (χ2v) is 6.35. The largest absolute Gasteiger partial charge is 0.362 e. The molecule has 0 unspecified atom stereocenters. The molecule has 26 heavy (non-hydrogen) atoms. The molecule has 0 radical (unpaired) electrons. The molecule has 0 saturated heterocycles. The minimum Gasteiger partial charge on any atom is -0.362 e. The molecule has 4 nitrogen and oxygen atoms in total. The topological polar surface area (TPSA) is 45.2 Å². The summed E-state index contributed by atoms with van der Waals surface area (Å²) in [5, 5.41) is 3.09. The van der Waals surface area contributed by atoms with E-state index in [9.17, 15) is 4.79 Å². The minimum absolute atomic E-state index is 0.0176. The Morgan fingerprint density at radius 2 is 1.50 bits per heavy atom. The highest BCUT2D eigenvalue weighted by atomic mass is 16.1. The first kappa shape index (κ1) is 17.7. The van der Waals surface area contributed by atoms with Gasteiger partial charge in [0.2, 0.25) is 5.91 Å². The fraction of sp³-hybridized carbons (Fsp3) is 0.182. The molecule has 4 heteroatoms. The summed E-state index contributed by atoms with van der Waals surface area (Å²) in [6.45, 7) is 0.441. The maximum atomic E-state index is 13.1. The summed E-state index contributed by atoms with van der Waals surface area (Å²) in [6, 6.07) is 23.6. The molecule has 3 rings (SSSR count). The number of aromatic nitrogens is 1. The number of nitrogens with one attached hydrogen (secondary N) is 1. The fourth-order valence-electron chi connectivity index (χ4n) is 3.04. The zero-order chi connectivity index (χ0) is 18.4. The van der Waals surface area contributed by atoms with Crippen molar-refractivity contribution in [3.8, 4) is 0 Å². The van der Waals surface area contributed by atoms with Crippen molar-refractivity contribution in [2.75, 3.05) is 19.0 Å². The van der Waals surface area contributed by atoms with Gasteiger partial charge < -0.3 is 10.2 Å². The van der Waals surface area contributed by atoms with E-state index in [-0.39, 0.29) is 11.8 Å². The second kappa shape index (κ2) is 8.30. The van der Waals surface area contributed by atoms with Gasteiger partial charge in [-0.1, -0.05) is 66.7 Å². The maximum Gasteiger partial charge on any atom is 0.232 e. The molecule has 0 aliphatic rings. The van der Waals surface area contributed by atoms with Gasteiger partial charge in [0.1, 0.15) is 5.82 Å². The minimum atomic E-state index is -0.336. The van der Waals surface area contributed by atoms with Gasteiger partial charge in [-0.05, 0) is 17.2 Å². The first-order valence-electron chi connectivity index (χ1n) is 8.65. The number of carbonyl (C=O) groups excluding carboxylic acids is 1. The number of nitrogens with zero attached hydrogens (tertiary/aromatic N) is 2. The van der Waals surface area contributed by atoms with Gasteiger partial charge in [0.05, 0.1) is 5.92 Å². The molecule has 2 aromatic carbocycles. The van der Waals surface area contributed by atoms with Crippen LogP contribution in [0.15, 0.2) is 79.0 Å². The summed E-state index contributed by atoms with van der Waals surface area (Å²) < 4.78 is 0. The molecule has 0 atom stereocenters. The average molecular weight is 345 g/mol. The summed E-state index contributed by atoms with van der Waals surface area (Å²) in [6.07, 6.45) is 1.76. The normalized spacial score (nSPS) is 10.6. The molecule has 0 spiro atoms. The fourth-order valence-corrected chi connectivity index (χ4v) is 3.04. The number of amides is 1. The van der Waals surface area contributed by atoms with E-state index in [1.807, 2.05) is 91.8 Å². The van der Waals surface area contributed by atoms with E-state index >= 15 is 0 Å². The van der Waals surface area contributed by atoms with Crippen molar-refractivity contribution in [3.05, 3.63) is 95.7 Å². The standard InChI is InChI=1S/C22H23N3O/c1-25(2)21-19(14-9-15-23-21)16-24-22(26)20(17-10-5-3-6-11-17)18-12-7-4-8-13-18/h3-15,20H,16H2,1-2H3,(H,24,26). The predicted molar refractivity (Wildman–Crippen MR) is 105 cm³/mol. The number of anilines is 1. The van der Waals surface area contributed by atoms with Crippen molar-refractivity contribution >= 4 is 11.7 Å². The van der Waals surface area contributed by atoms with Crippen molar-refractivity contribution in [1.29, 1.82) is 0 Å². The Labute approximate surface area is 154 Å². The van der Waals surface area contributed by atoms with Crippen molar-refractivity contribution < 1.29 is 4.79 Å². The smallest absolute Gasteiger partial charge is 0.232 e. The first-order valence-corrected chi connectivity index (χ1v) is 8.65. The molecule has 1 heterocycles. The van der Waals surface area contributed by atoms with Gasteiger partial charge in [0.15, 0.2) is 0 Å². The molecular formula is C22H23N3O. The first-order chi connectivity index (χ1) is 12.7. The number of rotatable bonds is 6. The van der Waals surface area contributed by atoms with Crippen molar-refractivity contribution in [3.63, 3.8) is 0 Å². The number of benzene rings is 2. The van der Waals surface area contributed by atoms with E-state index in [2.05, 4.69) is 10.3 Å². The van der Waals surface area contributed by atoms with Gasteiger partial charge in [-0.2, -0.15) is 0 Å². The molecule has 1 amide bonds. The quantitative estimate of drug-likeness (QED) is 0.742. The van der Waals surface area contributed by atoms with E-state index in [1.165, 1.54) is 0 Å². The molecule has 0 bridgehead atoms. The van der Waals surface area contributed by atoms with E-state index in [4.69, 9.17) is 0 Å². The number of pyridine rings is 1. The summed E-state index contributed by atoms with van der Waals surface area (Å²) in [7, 11) is 3.90. The summed E-state index contributed by atoms with van der Waals surface area (Å²) in [4.78, 5) is 19.4. The highest BCUT2D eigenvalue weighted by Gasteiger charge is 2.22. The molecular weight excluding hydrogens is 322 g/mol. The number of carbonyl (C=O) groups is 1. The second-order valence-electron chi connectivity index (χ2n) is 6.35. The monoisotopic (exact) mass is 345 g/mol. The van der Waals surface area contributed by atoms with Crippen LogP contribution in [-0.4, -0.2) is 25.0 Å². The molecule has 0 saturated carbocycles.